The molecule has 1 spiro atoms. The maximum Gasteiger partial charge on any atom is 0.416 e. The first-order chi connectivity index (χ1) is 9.95. The van der Waals surface area contributed by atoms with Gasteiger partial charge in [0.2, 0.25) is 0 Å². The van der Waals surface area contributed by atoms with E-state index in [9.17, 15) is 13.2 Å². The molecule has 2 atom stereocenters. The highest BCUT2D eigenvalue weighted by Crippen LogP contribution is 2.54. The van der Waals surface area contributed by atoms with Crippen molar-refractivity contribution in [1.29, 1.82) is 0 Å². The molecule has 3 rings (SSSR count). The van der Waals surface area contributed by atoms with Crippen LogP contribution >= 0.6 is 0 Å². The largest absolute Gasteiger partial charge is 0.490 e. The third kappa shape index (κ3) is 2.52. The lowest BCUT2D eigenvalue weighted by molar-refractivity contribution is -0.138. The molecular weight excluding hydrogens is 279 g/mol. The quantitative estimate of drug-likeness (QED) is 0.910. The fourth-order valence-electron chi connectivity index (χ4n) is 3.93. The third-order valence-electron chi connectivity index (χ3n) is 5.11. The molecule has 0 aliphatic heterocycles. The van der Waals surface area contributed by atoms with Gasteiger partial charge in [-0.3, -0.25) is 0 Å². The summed E-state index contributed by atoms with van der Waals surface area (Å²) in [5.41, 5.74) is -0.534. The molecule has 21 heavy (non-hydrogen) atoms. The van der Waals surface area contributed by atoms with Crippen LogP contribution in [-0.4, -0.2) is 19.2 Å². The molecule has 0 radical (unpaired) electrons. The Bertz CT molecular complexity index is 508. The van der Waals surface area contributed by atoms with Crippen molar-refractivity contribution in [3.8, 4) is 5.75 Å². The Kier molecular flexibility index (Phi) is 3.64. The molecule has 2 saturated carbocycles. The monoisotopic (exact) mass is 299 g/mol. The van der Waals surface area contributed by atoms with E-state index in [4.69, 9.17) is 4.74 Å². The van der Waals surface area contributed by atoms with E-state index in [2.05, 4.69) is 5.32 Å². The Hall–Kier alpha value is -1.23. The van der Waals surface area contributed by atoms with Crippen LogP contribution in [0.15, 0.2) is 24.3 Å². The standard InChI is InChI=1S/C16H20F3NO/c1-20-13-10-14(15(13)7-2-3-8-15)21-12-6-4-5-11(9-12)16(17,18)19/h4-6,9,13-14,20H,2-3,7-8,10H2,1H3. The fourth-order valence-corrected chi connectivity index (χ4v) is 3.93. The van der Waals surface area contributed by atoms with E-state index in [0.29, 0.717) is 11.8 Å². The van der Waals surface area contributed by atoms with Gasteiger partial charge in [0.25, 0.3) is 0 Å². The minimum Gasteiger partial charge on any atom is -0.490 e. The van der Waals surface area contributed by atoms with Crippen molar-refractivity contribution in [3.63, 3.8) is 0 Å². The number of alkyl halides is 3. The van der Waals surface area contributed by atoms with Crippen LogP contribution < -0.4 is 10.1 Å². The van der Waals surface area contributed by atoms with Crippen LogP contribution in [0.5, 0.6) is 5.75 Å². The van der Waals surface area contributed by atoms with Crippen molar-refractivity contribution >= 4 is 0 Å². The summed E-state index contributed by atoms with van der Waals surface area (Å²) in [6, 6.07) is 5.64. The van der Waals surface area contributed by atoms with Crippen LogP contribution in [0.2, 0.25) is 0 Å². The third-order valence-corrected chi connectivity index (χ3v) is 5.11. The van der Waals surface area contributed by atoms with E-state index >= 15 is 0 Å². The number of rotatable bonds is 3. The first kappa shape index (κ1) is 14.7. The van der Waals surface area contributed by atoms with Crippen LogP contribution in [0.25, 0.3) is 0 Å². The van der Waals surface area contributed by atoms with Gasteiger partial charge in [-0.1, -0.05) is 18.9 Å². The van der Waals surface area contributed by atoms with Gasteiger partial charge in [0.15, 0.2) is 0 Å². The molecule has 116 valence electrons. The molecule has 2 aliphatic carbocycles. The van der Waals surface area contributed by atoms with Crippen molar-refractivity contribution in [3.05, 3.63) is 29.8 Å². The Balaban J connectivity index is 1.75. The van der Waals surface area contributed by atoms with Crippen LogP contribution in [0.1, 0.15) is 37.7 Å². The summed E-state index contributed by atoms with van der Waals surface area (Å²) >= 11 is 0. The molecule has 1 aromatic carbocycles. The van der Waals surface area contributed by atoms with Crippen molar-refractivity contribution in [2.45, 2.75) is 50.4 Å². The zero-order valence-electron chi connectivity index (χ0n) is 12.0. The van der Waals surface area contributed by atoms with Crippen LogP contribution in [0.3, 0.4) is 0 Å². The van der Waals surface area contributed by atoms with Gasteiger partial charge in [-0.15, -0.1) is 0 Å². The van der Waals surface area contributed by atoms with Crippen LogP contribution in [0.4, 0.5) is 13.2 Å². The maximum atomic E-state index is 12.7. The van der Waals surface area contributed by atoms with Crippen molar-refractivity contribution in [2.75, 3.05) is 7.05 Å². The van der Waals surface area contributed by atoms with E-state index in [0.717, 1.165) is 31.4 Å². The summed E-state index contributed by atoms with van der Waals surface area (Å²) in [5, 5.41) is 3.33. The predicted octanol–water partition coefficient (Wildman–Crippen LogP) is 4.00. The fraction of sp³-hybridized carbons (Fsp3) is 0.625. The smallest absolute Gasteiger partial charge is 0.416 e. The van der Waals surface area contributed by atoms with Gasteiger partial charge in [0, 0.05) is 17.9 Å². The second-order valence-electron chi connectivity index (χ2n) is 6.15. The SMILES string of the molecule is CNC1CC(Oc2cccc(C(F)(F)F)c2)C12CCCC2. The minimum absolute atomic E-state index is 0.0286. The highest BCUT2D eigenvalue weighted by atomic mass is 19.4. The summed E-state index contributed by atoms with van der Waals surface area (Å²) in [5.74, 6) is 0.329. The molecule has 2 nitrogen and oxygen atoms in total. The Morgan fingerprint density at radius 1 is 1.24 bits per heavy atom. The van der Waals surface area contributed by atoms with E-state index < -0.39 is 11.7 Å². The number of hydrogen-bond acceptors (Lipinski definition) is 2. The summed E-state index contributed by atoms with van der Waals surface area (Å²) in [6.07, 6.45) is 1.14. The van der Waals surface area contributed by atoms with Crippen molar-refractivity contribution in [2.24, 2.45) is 5.41 Å². The highest BCUT2D eigenvalue weighted by molar-refractivity contribution is 5.31. The van der Waals surface area contributed by atoms with Gasteiger partial charge < -0.3 is 10.1 Å². The molecular formula is C16H20F3NO. The zero-order valence-corrected chi connectivity index (χ0v) is 12.0. The lowest BCUT2D eigenvalue weighted by Gasteiger charge is -2.53. The highest BCUT2D eigenvalue weighted by Gasteiger charge is 2.57. The number of benzene rings is 1. The Morgan fingerprint density at radius 3 is 2.57 bits per heavy atom. The molecule has 0 bridgehead atoms. The van der Waals surface area contributed by atoms with Gasteiger partial charge in [0.1, 0.15) is 11.9 Å². The van der Waals surface area contributed by atoms with Crippen molar-refractivity contribution in [1.82, 2.24) is 5.32 Å². The van der Waals surface area contributed by atoms with Gasteiger partial charge in [-0.05, 0) is 38.1 Å². The van der Waals surface area contributed by atoms with Crippen molar-refractivity contribution < 1.29 is 17.9 Å². The molecule has 1 aromatic rings. The van der Waals surface area contributed by atoms with Crippen LogP contribution in [-0.2, 0) is 6.18 Å². The number of hydrogen-bond donors (Lipinski definition) is 1. The topological polar surface area (TPSA) is 21.3 Å². The predicted molar refractivity (Wildman–Crippen MR) is 74.2 cm³/mol. The Labute approximate surface area is 122 Å². The van der Waals surface area contributed by atoms with Gasteiger partial charge in [0.05, 0.1) is 5.56 Å². The molecule has 0 heterocycles. The average Bonchev–Trinajstić information content (AvgIpc) is 2.95. The second-order valence-corrected chi connectivity index (χ2v) is 6.15. The first-order valence-electron chi connectivity index (χ1n) is 7.47. The molecule has 0 aromatic heterocycles. The summed E-state index contributed by atoms with van der Waals surface area (Å²) in [7, 11) is 1.95. The maximum absolute atomic E-state index is 12.7. The number of nitrogens with one attached hydrogen (secondary N) is 1. The number of halogens is 3. The molecule has 2 fully saturated rings. The normalized spacial score (nSPS) is 27.6. The molecule has 2 unspecified atom stereocenters. The van der Waals surface area contributed by atoms with Gasteiger partial charge in [-0.25, -0.2) is 0 Å². The molecule has 5 heteroatoms. The van der Waals surface area contributed by atoms with E-state index in [1.807, 2.05) is 7.05 Å². The lowest BCUT2D eigenvalue weighted by atomic mass is 9.60. The Morgan fingerprint density at radius 2 is 1.95 bits per heavy atom. The van der Waals surface area contributed by atoms with E-state index in [1.165, 1.54) is 18.9 Å². The van der Waals surface area contributed by atoms with Crippen LogP contribution in [0, 0.1) is 5.41 Å². The summed E-state index contributed by atoms with van der Waals surface area (Å²) in [6.45, 7) is 0. The van der Waals surface area contributed by atoms with E-state index in [1.54, 1.807) is 6.07 Å². The molecule has 0 saturated heterocycles. The molecule has 0 amide bonds. The molecule has 1 N–H and O–H groups in total. The average molecular weight is 299 g/mol. The van der Waals surface area contributed by atoms with E-state index in [-0.39, 0.29) is 11.5 Å². The van der Waals surface area contributed by atoms with Gasteiger partial charge in [-0.2, -0.15) is 13.2 Å². The summed E-state index contributed by atoms with van der Waals surface area (Å²) in [4.78, 5) is 0. The zero-order chi connectivity index (χ0) is 15.1. The first-order valence-corrected chi connectivity index (χ1v) is 7.47. The summed E-state index contributed by atoms with van der Waals surface area (Å²) < 4.78 is 44.2. The second kappa shape index (κ2) is 5.20. The minimum atomic E-state index is -4.32. The lowest BCUT2D eigenvalue weighted by Crippen LogP contribution is -2.63. The number of ether oxygens (including phenoxy) is 1. The van der Waals surface area contributed by atoms with Gasteiger partial charge >= 0.3 is 6.18 Å². The molecule has 2 aliphatic rings.